The summed E-state index contributed by atoms with van der Waals surface area (Å²) >= 11 is 0. The first-order valence-electron chi connectivity index (χ1n) is 7.97. The number of anilines is 1. The fourth-order valence-electron chi connectivity index (χ4n) is 2.55. The third kappa shape index (κ3) is 4.46. The van der Waals surface area contributed by atoms with Crippen LogP contribution in [0.25, 0.3) is 0 Å². The second kappa shape index (κ2) is 6.94. The highest BCUT2D eigenvalue weighted by atomic mass is 16.2. The Hall–Kier alpha value is -1.55. The van der Waals surface area contributed by atoms with Crippen LogP contribution in [0.4, 0.5) is 10.5 Å². The average molecular weight is 289 g/mol. The molecule has 116 valence electrons. The summed E-state index contributed by atoms with van der Waals surface area (Å²) in [6.07, 6.45) is 3.62. The molecular weight excluding hydrogens is 262 g/mol. The smallest absolute Gasteiger partial charge is 0.319 e. The minimum absolute atomic E-state index is 0.109. The van der Waals surface area contributed by atoms with Gasteiger partial charge in [0.25, 0.3) is 0 Å². The summed E-state index contributed by atoms with van der Waals surface area (Å²) in [6, 6.07) is 8.24. The van der Waals surface area contributed by atoms with Crippen LogP contribution >= 0.6 is 0 Å². The predicted octanol–water partition coefficient (Wildman–Crippen LogP) is 3.67. The Morgan fingerprint density at radius 2 is 1.90 bits per heavy atom. The van der Waals surface area contributed by atoms with Gasteiger partial charge in [-0.2, -0.15) is 0 Å². The zero-order valence-corrected chi connectivity index (χ0v) is 13.3. The SMILES string of the molecule is CCNC(C)c1ccc(NC(=O)NCC2(CC)CC2)cc1. The topological polar surface area (TPSA) is 53.2 Å². The van der Waals surface area contributed by atoms with Gasteiger partial charge in [0.2, 0.25) is 0 Å². The van der Waals surface area contributed by atoms with Gasteiger partial charge in [-0.25, -0.2) is 4.79 Å². The summed E-state index contributed by atoms with van der Waals surface area (Å²) in [7, 11) is 0. The Kier molecular flexibility index (Phi) is 5.23. The fraction of sp³-hybridized carbons (Fsp3) is 0.588. The molecule has 4 heteroatoms. The molecule has 0 aliphatic heterocycles. The van der Waals surface area contributed by atoms with Crippen LogP contribution in [0.1, 0.15) is 51.6 Å². The summed E-state index contributed by atoms with van der Waals surface area (Å²) in [6.45, 7) is 8.16. The third-order valence-electron chi connectivity index (χ3n) is 4.51. The standard InChI is InChI=1S/C17H27N3O/c1-4-17(10-11-17)12-19-16(21)20-15-8-6-14(7-9-15)13(3)18-5-2/h6-9,13,18H,4-5,10-12H2,1-3H3,(H2,19,20,21). The summed E-state index contributed by atoms with van der Waals surface area (Å²) in [5.41, 5.74) is 2.44. The molecule has 0 aromatic heterocycles. The lowest BCUT2D eigenvalue weighted by atomic mass is 10.0. The van der Waals surface area contributed by atoms with Crippen molar-refractivity contribution in [2.75, 3.05) is 18.4 Å². The van der Waals surface area contributed by atoms with Crippen molar-refractivity contribution in [2.24, 2.45) is 5.41 Å². The van der Waals surface area contributed by atoms with E-state index in [1.165, 1.54) is 18.4 Å². The number of urea groups is 1. The van der Waals surface area contributed by atoms with Gasteiger partial charge in [0, 0.05) is 18.3 Å². The molecule has 1 aromatic rings. The lowest BCUT2D eigenvalue weighted by molar-refractivity contribution is 0.249. The monoisotopic (exact) mass is 289 g/mol. The molecule has 3 N–H and O–H groups in total. The second-order valence-electron chi connectivity index (χ2n) is 6.06. The first kappa shape index (κ1) is 15.8. The highest BCUT2D eigenvalue weighted by Gasteiger charge is 2.40. The number of carbonyl (C=O) groups excluding carboxylic acids is 1. The van der Waals surface area contributed by atoms with Crippen LogP contribution < -0.4 is 16.0 Å². The van der Waals surface area contributed by atoms with Crippen LogP contribution in [0.3, 0.4) is 0 Å². The number of hydrogen-bond donors (Lipinski definition) is 3. The molecule has 0 heterocycles. The van der Waals surface area contributed by atoms with E-state index in [9.17, 15) is 4.79 Å². The van der Waals surface area contributed by atoms with Crippen LogP contribution in [0.15, 0.2) is 24.3 Å². The molecule has 2 rings (SSSR count). The van der Waals surface area contributed by atoms with Crippen molar-refractivity contribution in [1.82, 2.24) is 10.6 Å². The highest BCUT2D eigenvalue weighted by molar-refractivity contribution is 5.89. The van der Waals surface area contributed by atoms with Crippen molar-refractivity contribution in [1.29, 1.82) is 0 Å². The molecule has 1 atom stereocenters. The molecule has 0 saturated heterocycles. The summed E-state index contributed by atoms with van der Waals surface area (Å²) < 4.78 is 0. The zero-order chi connectivity index (χ0) is 15.3. The zero-order valence-electron chi connectivity index (χ0n) is 13.3. The molecule has 1 aliphatic rings. The molecule has 0 spiro atoms. The number of benzene rings is 1. The lowest BCUT2D eigenvalue weighted by Gasteiger charge is -2.15. The van der Waals surface area contributed by atoms with Gasteiger partial charge < -0.3 is 16.0 Å². The number of hydrogen-bond acceptors (Lipinski definition) is 2. The van der Waals surface area contributed by atoms with E-state index in [1.807, 2.05) is 12.1 Å². The predicted molar refractivity (Wildman–Crippen MR) is 87.5 cm³/mol. The number of amides is 2. The largest absolute Gasteiger partial charge is 0.337 e. The van der Waals surface area contributed by atoms with Gasteiger partial charge in [-0.1, -0.05) is 26.0 Å². The van der Waals surface area contributed by atoms with E-state index in [-0.39, 0.29) is 6.03 Å². The van der Waals surface area contributed by atoms with Crippen LogP contribution in [-0.2, 0) is 0 Å². The van der Waals surface area contributed by atoms with Gasteiger partial charge in [0.05, 0.1) is 0 Å². The Bertz CT molecular complexity index is 465. The molecule has 2 amide bonds. The van der Waals surface area contributed by atoms with Crippen molar-refractivity contribution in [3.8, 4) is 0 Å². The van der Waals surface area contributed by atoms with Gasteiger partial charge in [0.15, 0.2) is 0 Å². The van der Waals surface area contributed by atoms with Gasteiger partial charge in [0.1, 0.15) is 0 Å². The van der Waals surface area contributed by atoms with Crippen LogP contribution in [0.5, 0.6) is 0 Å². The van der Waals surface area contributed by atoms with Crippen LogP contribution in [0, 0.1) is 5.41 Å². The van der Waals surface area contributed by atoms with E-state index in [4.69, 9.17) is 0 Å². The average Bonchev–Trinajstić information content (AvgIpc) is 3.27. The van der Waals surface area contributed by atoms with Gasteiger partial charge >= 0.3 is 6.03 Å². The fourth-order valence-corrected chi connectivity index (χ4v) is 2.55. The first-order valence-corrected chi connectivity index (χ1v) is 7.97. The van der Waals surface area contributed by atoms with E-state index in [0.29, 0.717) is 11.5 Å². The molecule has 4 nitrogen and oxygen atoms in total. The minimum Gasteiger partial charge on any atom is -0.337 e. The number of carbonyl (C=O) groups is 1. The van der Waals surface area contributed by atoms with Crippen molar-refractivity contribution in [3.05, 3.63) is 29.8 Å². The highest BCUT2D eigenvalue weighted by Crippen LogP contribution is 2.47. The molecule has 0 radical (unpaired) electrons. The Morgan fingerprint density at radius 3 is 2.43 bits per heavy atom. The normalized spacial score (nSPS) is 17.1. The second-order valence-corrected chi connectivity index (χ2v) is 6.06. The molecule has 1 fully saturated rings. The summed E-state index contributed by atoms with van der Waals surface area (Å²) in [5.74, 6) is 0. The summed E-state index contributed by atoms with van der Waals surface area (Å²) in [5, 5.41) is 9.25. The van der Waals surface area contributed by atoms with Gasteiger partial charge in [-0.3, -0.25) is 0 Å². The Morgan fingerprint density at radius 1 is 1.24 bits per heavy atom. The molecule has 1 aromatic carbocycles. The van der Waals surface area contributed by atoms with Crippen molar-refractivity contribution < 1.29 is 4.79 Å². The number of rotatable bonds is 7. The number of nitrogens with one attached hydrogen (secondary N) is 3. The first-order chi connectivity index (χ1) is 10.1. The van der Waals surface area contributed by atoms with Crippen molar-refractivity contribution in [3.63, 3.8) is 0 Å². The Balaban J connectivity index is 1.81. The van der Waals surface area contributed by atoms with E-state index >= 15 is 0 Å². The molecule has 1 unspecified atom stereocenters. The maximum atomic E-state index is 11.9. The molecule has 0 bridgehead atoms. The van der Waals surface area contributed by atoms with E-state index in [0.717, 1.165) is 25.2 Å². The van der Waals surface area contributed by atoms with Crippen molar-refractivity contribution in [2.45, 2.75) is 46.1 Å². The Labute approximate surface area is 127 Å². The third-order valence-corrected chi connectivity index (χ3v) is 4.51. The van der Waals surface area contributed by atoms with Crippen LogP contribution in [0.2, 0.25) is 0 Å². The van der Waals surface area contributed by atoms with Gasteiger partial charge in [-0.15, -0.1) is 0 Å². The summed E-state index contributed by atoms with van der Waals surface area (Å²) in [4.78, 5) is 11.9. The van der Waals surface area contributed by atoms with E-state index in [2.05, 4.69) is 48.9 Å². The van der Waals surface area contributed by atoms with Crippen LogP contribution in [-0.4, -0.2) is 19.1 Å². The van der Waals surface area contributed by atoms with E-state index in [1.54, 1.807) is 0 Å². The van der Waals surface area contributed by atoms with E-state index < -0.39 is 0 Å². The molecule has 1 saturated carbocycles. The quantitative estimate of drug-likeness (QED) is 0.717. The molecule has 21 heavy (non-hydrogen) atoms. The van der Waals surface area contributed by atoms with Crippen molar-refractivity contribution >= 4 is 11.7 Å². The molecular formula is C17H27N3O. The minimum atomic E-state index is -0.109. The molecule has 1 aliphatic carbocycles. The maximum absolute atomic E-state index is 11.9. The van der Waals surface area contributed by atoms with Gasteiger partial charge in [-0.05, 0) is 55.8 Å². The lowest BCUT2D eigenvalue weighted by Crippen LogP contribution is -2.33. The maximum Gasteiger partial charge on any atom is 0.319 e.